The summed E-state index contributed by atoms with van der Waals surface area (Å²) in [7, 11) is 0. The van der Waals surface area contributed by atoms with Crippen molar-refractivity contribution in [2.45, 2.75) is 54.4 Å². The third-order valence-corrected chi connectivity index (χ3v) is 4.48. The Labute approximate surface area is 105 Å². The zero-order valence-corrected chi connectivity index (χ0v) is 13.0. The molecule has 0 aromatic heterocycles. The molecule has 0 amide bonds. The number of hydrogen-bond donors (Lipinski definition) is 0. The molecule has 0 rings (SSSR count). The van der Waals surface area contributed by atoms with E-state index in [1.807, 2.05) is 0 Å². The first-order chi connectivity index (χ1) is 6.71. The number of hydrogen-bond acceptors (Lipinski definition) is 2. The second-order valence-electron chi connectivity index (χ2n) is 6.56. The van der Waals surface area contributed by atoms with Crippen LogP contribution in [0.2, 0.25) is 0 Å². The first-order valence-electron chi connectivity index (χ1n) is 5.86. The van der Waals surface area contributed by atoms with Crippen LogP contribution in [-0.4, -0.2) is 16.6 Å². The van der Waals surface area contributed by atoms with Gasteiger partial charge in [0, 0.05) is 5.08 Å². The maximum absolute atomic E-state index is 2.32. The highest BCUT2D eigenvalue weighted by atomic mass is 32.2. The molecule has 0 N–H and O–H groups in total. The molecule has 0 heterocycles. The minimum absolute atomic E-state index is 0.503. The molecule has 0 nitrogen and oxygen atoms in total. The lowest BCUT2D eigenvalue weighted by atomic mass is 9.94. The molecule has 0 unspecified atom stereocenters. The third-order valence-electron chi connectivity index (χ3n) is 2.16. The van der Waals surface area contributed by atoms with Crippen LogP contribution in [-0.2, 0) is 0 Å². The molecule has 0 aromatic carbocycles. The predicted octanol–water partition coefficient (Wildman–Crippen LogP) is 5.28. The summed E-state index contributed by atoms with van der Waals surface area (Å²) >= 11 is 4.19. The summed E-state index contributed by atoms with van der Waals surface area (Å²) in [6, 6.07) is 0. The SMILES string of the molecule is CC(C)(C)CCSCSCCC(C)(C)C. The highest BCUT2D eigenvalue weighted by Gasteiger charge is 2.10. The van der Waals surface area contributed by atoms with Crippen molar-refractivity contribution >= 4 is 23.5 Å². The smallest absolute Gasteiger partial charge is 0.0392 e. The van der Waals surface area contributed by atoms with Gasteiger partial charge in [0.2, 0.25) is 0 Å². The lowest BCUT2D eigenvalue weighted by Gasteiger charge is -2.18. The van der Waals surface area contributed by atoms with Crippen molar-refractivity contribution in [1.82, 2.24) is 0 Å². The standard InChI is InChI=1S/C13H28S2/c1-12(2,3)7-9-14-11-15-10-8-13(4,5)6/h7-11H2,1-6H3. The van der Waals surface area contributed by atoms with Crippen LogP contribution in [0.5, 0.6) is 0 Å². The van der Waals surface area contributed by atoms with E-state index in [9.17, 15) is 0 Å². The summed E-state index contributed by atoms with van der Waals surface area (Å²) in [6.07, 6.45) is 2.66. The second kappa shape index (κ2) is 7.11. The van der Waals surface area contributed by atoms with Gasteiger partial charge in [-0.25, -0.2) is 0 Å². The van der Waals surface area contributed by atoms with Gasteiger partial charge in [-0.1, -0.05) is 41.5 Å². The fourth-order valence-corrected chi connectivity index (χ4v) is 3.86. The lowest BCUT2D eigenvalue weighted by Crippen LogP contribution is -2.06. The number of thioether (sulfide) groups is 2. The largest absolute Gasteiger partial charge is 0.151 e. The Kier molecular flexibility index (Phi) is 7.44. The lowest BCUT2D eigenvalue weighted by molar-refractivity contribution is 0.401. The van der Waals surface area contributed by atoms with E-state index in [1.165, 1.54) is 29.4 Å². The molecule has 0 aromatic rings. The van der Waals surface area contributed by atoms with E-state index in [0.29, 0.717) is 10.8 Å². The molecule has 0 fully saturated rings. The summed E-state index contributed by atoms with van der Waals surface area (Å²) in [4.78, 5) is 0. The van der Waals surface area contributed by atoms with Gasteiger partial charge in [-0.05, 0) is 35.2 Å². The minimum atomic E-state index is 0.503. The molecule has 92 valence electrons. The molecular formula is C13H28S2. The van der Waals surface area contributed by atoms with Crippen LogP contribution in [0, 0.1) is 10.8 Å². The maximum Gasteiger partial charge on any atom is 0.0392 e. The van der Waals surface area contributed by atoms with E-state index in [1.54, 1.807) is 0 Å². The molecule has 0 aliphatic heterocycles. The van der Waals surface area contributed by atoms with Gasteiger partial charge in [-0.15, -0.1) is 0 Å². The fraction of sp³-hybridized carbons (Fsp3) is 1.00. The van der Waals surface area contributed by atoms with Crippen molar-refractivity contribution in [2.75, 3.05) is 16.6 Å². The molecule has 0 spiro atoms. The van der Waals surface area contributed by atoms with Gasteiger partial charge in [-0.3, -0.25) is 0 Å². The monoisotopic (exact) mass is 248 g/mol. The van der Waals surface area contributed by atoms with E-state index in [4.69, 9.17) is 0 Å². The van der Waals surface area contributed by atoms with E-state index in [2.05, 4.69) is 65.1 Å². The summed E-state index contributed by atoms with van der Waals surface area (Å²) in [5, 5.41) is 1.27. The van der Waals surface area contributed by atoms with Crippen molar-refractivity contribution in [3.8, 4) is 0 Å². The highest BCUT2D eigenvalue weighted by molar-refractivity contribution is 8.15. The van der Waals surface area contributed by atoms with Crippen molar-refractivity contribution in [2.24, 2.45) is 10.8 Å². The highest BCUT2D eigenvalue weighted by Crippen LogP contribution is 2.25. The van der Waals surface area contributed by atoms with Crippen molar-refractivity contribution in [3.05, 3.63) is 0 Å². The topological polar surface area (TPSA) is 0 Å². The van der Waals surface area contributed by atoms with E-state index >= 15 is 0 Å². The van der Waals surface area contributed by atoms with Gasteiger partial charge < -0.3 is 0 Å². The first kappa shape index (κ1) is 15.7. The van der Waals surface area contributed by atoms with E-state index < -0.39 is 0 Å². The van der Waals surface area contributed by atoms with Gasteiger partial charge in [-0.2, -0.15) is 23.5 Å². The van der Waals surface area contributed by atoms with Gasteiger partial charge >= 0.3 is 0 Å². The average Bonchev–Trinajstić information content (AvgIpc) is 1.98. The minimum Gasteiger partial charge on any atom is -0.151 e. The zero-order valence-electron chi connectivity index (χ0n) is 11.4. The second-order valence-corrected chi connectivity index (χ2v) is 9.13. The summed E-state index contributed by atoms with van der Waals surface area (Å²) < 4.78 is 0. The molecule has 0 saturated carbocycles. The molecule has 0 aliphatic rings. The average molecular weight is 249 g/mol. The Morgan fingerprint density at radius 3 is 1.27 bits per heavy atom. The summed E-state index contributed by atoms with van der Waals surface area (Å²) in [5.41, 5.74) is 1.01. The quantitative estimate of drug-likeness (QED) is 0.463. The van der Waals surface area contributed by atoms with Gasteiger partial charge in [0.1, 0.15) is 0 Å². The molecule has 2 heteroatoms. The van der Waals surface area contributed by atoms with Crippen LogP contribution >= 0.6 is 23.5 Å². The zero-order chi connectivity index (χ0) is 11.9. The molecule has 0 aliphatic carbocycles. The van der Waals surface area contributed by atoms with Crippen molar-refractivity contribution in [1.29, 1.82) is 0 Å². The molecule has 15 heavy (non-hydrogen) atoms. The summed E-state index contributed by atoms with van der Waals surface area (Å²) in [6.45, 7) is 13.9. The Bertz CT molecular complexity index is 133. The normalized spacial score (nSPS) is 13.2. The van der Waals surface area contributed by atoms with Gasteiger partial charge in [0.15, 0.2) is 0 Å². The maximum atomic E-state index is 2.32. The van der Waals surface area contributed by atoms with Gasteiger partial charge in [0.05, 0.1) is 0 Å². The molecular weight excluding hydrogens is 220 g/mol. The van der Waals surface area contributed by atoms with Crippen LogP contribution in [0.15, 0.2) is 0 Å². The summed E-state index contributed by atoms with van der Waals surface area (Å²) in [5.74, 6) is 2.62. The number of rotatable bonds is 6. The van der Waals surface area contributed by atoms with Crippen LogP contribution in [0.25, 0.3) is 0 Å². The Hall–Kier alpha value is 0.700. The van der Waals surface area contributed by atoms with Gasteiger partial charge in [0.25, 0.3) is 0 Å². The Balaban J connectivity index is 3.20. The van der Waals surface area contributed by atoms with Crippen LogP contribution in [0.1, 0.15) is 54.4 Å². The van der Waals surface area contributed by atoms with Crippen molar-refractivity contribution in [3.63, 3.8) is 0 Å². The fourth-order valence-electron chi connectivity index (χ4n) is 0.933. The molecule has 0 bridgehead atoms. The van der Waals surface area contributed by atoms with Crippen LogP contribution < -0.4 is 0 Å². The predicted molar refractivity (Wildman–Crippen MR) is 77.9 cm³/mol. The molecule has 0 radical (unpaired) electrons. The van der Waals surface area contributed by atoms with Crippen molar-refractivity contribution < 1.29 is 0 Å². The Morgan fingerprint density at radius 1 is 0.667 bits per heavy atom. The Morgan fingerprint density at radius 2 is 1.00 bits per heavy atom. The first-order valence-corrected chi connectivity index (χ1v) is 8.17. The third kappa shape index (κ3) is 14.7. The van der Waals surface area contributed by atoms with E-state index in [0.717, 1.165) is 0 Å². The molecule has 0 saturated heterocycles. The van der Waals surface area contributed by atoms with E-state index in [-0.39, 0.29) is 0 Å². The van der Waals surface area contributed by atoms with Crippen LogP contribution in [0.4, 0.5) is 0 Å². The molecule has 0 atom stereocenters. The van der Waals surface area contributed by atoms with Crippen LogP contribution in [0.3, 0.4) is 0 Å².